The molecule has 0 radical (unpaired) electrons. The Morgan fingerprint density at radius 2 is 1.85 bits per heavy atom. The zero-order valence-corrected chi connectivity index (χ0v) is 10.8. The predicted molar refractivity (Wildman–Crippen MR) is 71.1 cm³/mol. The van der Waals surface area contributed by atoms with Crippen molar-refractivity contribution in [2.24, 2.45) is 0 Å². The van der Waals surface area contributed by atoms with Gasteiger partial charge >= 0.3 is 5.97 Å². The van der Waals surface area contributed by atoms with Gasteiger partial charge in [0.2, 0.25) is 11.6 Å². The maximum atomic E-state index is 11.9. The number of allylic oxidation sites excluding steroid dienone is 2. The van der Waals surface area contributed by atoms with Gasteiger partial charge in [0.05, 0.1) is 12.2 Å². The second kappa shape index (κ2) is 5.52. The molecule has 1 N–H and O–H groups in total. The molecule has 0 fully saturated rings. The van der Waals surface area contributed by atoms with Crippen LogP contribution in [0.2, 0.25) is 0 Å². The number of fused-ring (bicyclic) bond motifs is 1. The van der Waals surface area contributed by atoms with E-state index in [0.29, 0.717) is 0 Å². The Morgan fingerprint density at radius 1 is 1.20 bits per heavy atom. The second-order valence-corrected chi connectivity index (χ2v) is 4.05. The average Bonchev–Trinajstić information content (AvgIpc) is 2.45. The Bertz CT molecular complexity index is 652. The molecule has 0 aliphatic heterocycles. The van der Waals surface area contributed by atoms with Crippen LogP contribution in [-0.4, -0.2) is 29.2 Å². The number of carbonyl (C=O) groups is 3. The summed E-state index contributed by atoms with van der Waals surface area (Å²) in [7, 11) is 0. The number of ether oxygens (including phenoxy) is 1. The number of hydrogen-bond donors (Lipinski definition) is 1. The first kappa shape index (κ1) is 13.7. The zero-order chi connectivity index (χ0) is 14.7. The van der Waals surface area contributed by atoms with Gasteiger partial charge in [-0.2, -0.15) is 0 Å². The fourth-order valence-electron chi connectivity index (χ4n) is 1.88. The lowest BCUT2D eigenvalue weighted by atomic mass is 9.88. The van der Waals surface area contributed by atoms with Gasteiger partial charge in [0.15, 0.2) is 0 Å². The van der Waals surface area contributed by atoms with Crippen molar-refractivity contribution in [3.63, 3.8) is 0 Å². The van der Waals surface area contributed by atoms with E-state index < -0.39 is 17.5 Å². The SMILES string of the molecule is CCOC(=O)/C=C/C1=C(O)c2ccccc2C(=O)C1=O. The molecular weight excluding hydrogens is 260 g/mol. The van der Waals surface area contributed by atoms with Crippen LogP contribution in [0.25, 0.3) is 5.76 Å². The van der Waals surface area contributed by atoms with Crippen LogP contribution in [0.15, 0.2) is 42.0 Å². The zero-order valence-electron chi connectivity index (χ0n) is 10.8. The van der Waals surface area contributed by atoms with E-state index in [4.69, 9.17) is 0 Å². The van der Waals surface area contributed by atoms with E-state index in [2.05, 4.69) is 4.74 Å². The third-order valence-electron chi connectivity index (χ3n) is 2.81. The first-order valence-electron chi connectivity index (χ1n) is 6.02. The Balaban J connectivity index is 2.45. The topological polar surface area (TPSA) is 80.7 Å². The van der Waals surface area contributed by atoms with Crippen molar-refractivity contribution < 1.29 is 24.2 Å². The molecule has 5 heteroatoms. The molecule has 1 aliphatic rings. The van der Waals surface area contributed by atoms with Crippen LogP contribution in [0.1, 0.15) is 22.8 Å². The molecule has 1 aliphatic carbocycles. The predicted octanol–water partition coefficient (Wildman–Crippen LogP) is 1.84. The van der Waals surface area contributed by atoms with Crippen molar-refractivity contribution in [3.8, 4) is 0 Å². The fraction of sp³-hybridized carbons (Fsp3) is 0.133. The molecule has 0 atom stereocenters. The molecule has 20 heavy (non-hydrogen) atoms. The van der Waals surface area contributed by atoms with Crippen molar-refractivity contribution in [2.75, 3.05) is 6.61 Å². The monoisotopic (exact) mass is 272 g/mol. The van der Waals surface area contributed by atoms with Crippen LogP contribution in [0.5, 0.6) is 0 Å². The third kappa shape index (κ3) is 2.38. The number of aliphatic hydroxyl groups is 1. The van der Waals surface area contributed by atoms with Gasteiger partial charge in [-0.05, 0) is 13.0 Å². The molecule has 1 aromatic carbocycles. The lowest BCUT2D eigenvalue weighted by Crippen LogP contribution is -2.23. The summed E-state index contributed by atoms with van der Waals surface area (Å²) in [5.74, 6) is -2.51. The van der Waals surface area contributed by atoms with E-state index in [1.807, 2.05) is 0 Å². The maximum absolute atomic E-state index is 11.9. The highest BCUT2D eigenvalue weighted by Crippen LogP contribution is 2.28. The van der Waals surface area contributed by atoms with Crippen LogP contribution >= 0.6 is 0 Å². The van der Waals surface area contributed by atoms with Crippen LogP contribution in [-0.2, 0) is 14.3 Å². The average molecular weight is 272 g/mol. The first-order chi connectivity index (χ1) is 9.56. The number of ketones is 2. The number of Topliss-reactive ketones (excluding diaryl/α,β-unsaturated/α-hetero) is 2. The second-order valence-electron chi connectivity index (χ2n) is 4.05. The van der Waals surface area contributed by atoms with Crippen LogP contribution in [0.3, 0.4) is 0 Å². The van der Waals surface area contributed by atoms with Gasteiger partial charge in [0, 0.05) is 17.2 Å². The van der Waals surface area contributed by atoms with Gasteiger partial charge in [-0.3, -0.25) is 9.59 Å². The number of hydrogen-bond acceptors (Lipinski definition) is 5. The van der Waals surface area contributed by atoms with Crippen molar-refractivity contribution in [1.29, 1.82) is 0 Å². The summed E-state index contributed by atoms with van der Waals surface area (Å²) in [6.07, 6.45) is 2.11. The number of aliphatic hydroxyl groups excluding tert-OH is 1. The van der Waals surface area contributed by atoms with E-state index in [-0.39, 0.29) is 29.1 Å². The lowest BCUT2D eigenvalue weighted by Gasteiger charge is -2.15. The molecular formula is C15H12O5. The summed E-state index contributed by atoms with van der Waals surface area (Å²) >= 11 is 0. The summed E-state index contributed by atoms with van der Waals surface area (Å²) in [6, 6.07) is 6.26. The Hall–Kier alpha value is -2.69. The maximum Gasteiger partial charge on any atom is 0.330 e. The number of rotatable bonds is 3. The van der Waals surface area contributed by atoms with Crippen molar-refractivity contribution in [1.82, 2.24) is 0 Å². The van der Waals surface area contributed by atoms with E-state index in [1.54, 1.807) is 19.1 Å². The van der Waals surface area contributed by atoms with Gasteiger partial charge in [0.1, 0.15) is 5.76 Å². The molecule has 1 aromatic rings. The quantitative estimate of drug-likeness (QED) is 0.516. The third-order valence-corrected chi connectivity index (χ3v) is 2.81. The highest BCUT2D eigenvalue weighted by atomic mass is 16.5. The minimum atomic E-state index is -0.846. The normalized spacial score (nSPS) is 14.7. The number of benzene rings is 1. The molecule has 5 nitrogen and oxygen atoms in total. The summed E-state index contributed by atoms with van der Waals surface area (Å²) in [4.78, 5) is 35.0. The molecule has 0 aromatic heterocycles. The van der Waals surface area contributed by atoms with Crippen LogP contribution in [0, 0.1) is 0 Å². The summed E-state index contributed by atoms with van der Waals surface area (Å²) in [5, 5.41) is 10.1. The Labute approximate surface area is 115 Å². The van der Waals surface area contributed by atoms with Gasteiger partial charge in [-0.25, -0.2) is 4.79 Å². The smallest absolute Gasteiger partial charge is 0.330 e. The van der Waals surface area contributed by atoms with Gasteiger partial charge in [-0.15, -0.1) is 0 Å². The molecule has 0 bridgehead atoms. The number of carbonyl (C=O) groups excluding carboxylic acids is 3. The molecule has 0 saturated carbocycles. The van der Waals surface area contributed by atoms with E-state index in [1.165, 1.54) is 12.1 Å². The fourth-order valence-corrected chi connectivity index (χ4v) is 1.88. The van der Waals surface area contributed by atoms with E-state index >= 15 is 0 Å². The molecule has 0 unspecified atom stereocenters. The van der Waals surface area contributed by atoms with Crippen molar-refractivity contribution in [3.05, 3.63) is 53.1 Å². The Morgan fingerprint density at radius 3 is 2.50 bits per heavy atom. The van der Waals surface area contributed by atoms with Crippen LogP contribution < -0.4 is 0 Å². The molecule has 0 spiro atoms. The van der Waals surface area contributed by atoms with Crippen molar-refractivity contribution in [2.45, 2.75) is 6.92 Å². The summed E-state index contributed by atoms with van der Waals surface area (Å²) < 4.78 is 4.67. The minimum absolute atomic E-state index is 0.156. The number of esters is 1. The highest BCUT2D eigenvalue weighted by molar-refractivity contribution is 6.52. The minimum Gasteiger partial charge on any atom is -0.507 e. The van der Waals surface area contributed by atoms with E-state index in [0.717, 1.165) is 12.2 Å². The molecule has 2 rings (SSSR count). The van der Waals surface area contributed by atoms with E-state index in [9.17, 15) is 19.5 Å². The largest absolute Gasteiger partial charge is 0.507 e. The lowest BCUT2D eigenvalue weighted by molar-refractivity contribution is -0.137. The highest BCUT2D eigenvalue weighted by Gasteiger charge is 2.31. The summed E-state index contributed by atoms with van der Waals surface area (Å²) in [6.45, 7) is 1.85. The van der Waals surface area contributed by atoms with Crippen LogP contribution in [0.4, 0.5) is 0 Å². The Kier molecular flexibility index (Phi) is 3.79. The van der Waals surface area contributed by atoms with Gasteiger partial charge in [-0.1, -0.05) is 24.3 Å². The molecule has 0 heterocycles. The molecule has 0 amide bonds. The van der Waals surface area contributed by atoms with Gasteiger partial charge < -0.3 is 9.84 Å². The molecule has 102 valence electrons. The van der Waals surface area contributed by atoms with Gasteiger partial charge in [0.25, 0.3) is 0 Å². The molecule has 0 saturated heterocycles. The first-order valence-corrected chi connectivity index (χ1v) is 6.02. The summed E-state index contributed by atoms with van der Waals surface area (Å²) in [5.41, 5.74) is 0.227. The van der Waals surface area contributed by atoms with Crippen molar-refractivity contribution >= 4 is 23.3 Å². The standard InChI is InChI=1S/C15H12O5/c1-2-20-12(16)8-7-11-13(17)9-5-3-4-6-10(9)14(18)15(11)19/h3-8,17H,2H2,1H3/b8-7+.